The van der Waals surface area contributed by atoms with Crippen molar-refractivity contribution in [2.45, 2.75) is 13.5 Å². The number of anilines is 1. The number of nitrogens with one attached hydrogen (secondary N) is 1. The lowest BCUT2D eigenvalue weighted by atomic mass is 10.1. The molecule has 2 aromatic heterocycles. The predicted octanol–water partition coefficient (Wildman–Crippen LogP) is 2.53. The first-order chi connectivity index (χ1) is 15.1. The molecule has 1 amide bonds. The Morgan fingerprint density at radius 3 is 2.74 bits per heavy atom. The quantitative estimate of drug-likeness (QED) is 0.546. The summed E-state index contributed by atoms with van der Waals surface area (Å²) in [6, 6.07) is 12.8. The van der Waals surface area contributed by atoms with Crippen molar-refractivity contribution in [2.75, 3.05) is 12.1 Å². The highest BCUT2D eigenvalue weighted by Gasteiger charge is 2.15. The smallest absolute Gasteiger partial charge is 0.264 e. The summed E-state index contributed by atoms with van der Waals surface area (Å²) in [7, 11) is 0. The summed E-state index contributed by atoms with van der Waals surface area (Å²) < 4.78 is 11.8. The van der Waals surface area contributed by atoms with E-state index in [1.165, 1.54) is 17.1 Å². The van der Waals surface area contributed by atoms with Gasteiger partial charge < -0.3 is 14.8 Å². The fourth-order valence-electron chi connectivity index (χ4n) is 3.24. The van der Waals surface area contributed by atoms with Gasteiger partial charge in [0, 0.05) is 23.5 Å². The molecule has 0 aliphatic carbocycles. The van der Waals surface area contributed by atoms with E-state index in [4.69, 9.17) is 9.47 Å². The Hall–Kier alpha value is -4.27. The van der Waals surface area contributed by atoms with Gasteiger partial charge in [0.2, 0.25) is 12.7 Å². The fraction of sp³-hybridized carbons (Fsp3) is 0.136. The highest BCUT2D eigenvalue weighted by Crippen LogP contribution is 2.34. The number of amides is 1. The van der Waals surface area contributed by atoms with Crippen LogP contribution in [0.5, 0.6) is 11.5 Å². The molecule has 154 valence electrons. The van der Waals surface area contributed by atoms with Gasteiger partial charge >= 0.3 is 0 Å². The number of rotatable bonds is 4. The zero-order valence-corrected chi connectivity index (χ0v) is 16.5. The van der Waals surface area contributed by atoms with Crippen LogP contribution in [0.4, 0.5) is 5.69 Å². The number of aryl methyl sites for hydroxylation is 1. The normalized spacial score (nSPS) is 12.2. The van der Waals surface area contributed by atoms with Crippen LogP contribution in [0.15, 0.2) is 59.8 Å². The molecule has 0 saturated heterocycles. The van der Waals surface area contributed by atoms with Crippen molar-refractivity contribution in [3.8, 4) is 22.9 Å². The molecule has 1 N–H and O–H groups in total. The zero-order chi connectivity index (χ0) is 21.4. The Balaban J connectivity index is 1.37. The lowest BCUT2D eigenvalue weighted by Gasteiger charge is -2.09. The van der Waals surface area contributed by atoms with Crippen LogP contribution in [0.2, 0.25) is 0 Å². The Labute approximate surface area is 176 Å². The Morgan fingerprint density at radius 2 is 1.90 bits per heavy atom. The number of carbonyl (C=O) groups excluding carboxylic acids is 1. The summed E-state index contributed by atoms with van der Waals surface area (Å²) in [5, 5.41) is 2.98. The second-order valence-corrected chi connectivity index (χ2v) is 7.09. The number of hydrogen-bond acceptors (Lipinski definition) is 7. The van der Waals surface area contributed by atoms with Gasteiger partial charge in [0.15, 0.2) is 23.0 Å². The molecule has 2 aromatic carbocycles. The van der Waals surface area contributed by atoms with Crippen LogP contribution in [0.25, 0.3) is 22.4 Å². The number of benzene rings is 2. The molecule has 5 rings (SSSR count). The first kappa shape index (κ1) is 18.7. The maximum absolute atomic E-state index is 12.8. The van der Waals surface area contributed by atoms with Crippen molar-refractivity contribution in [3.63, 3.8) is 0 Å². The molecule has 0 saturated carbocycles. The molecule has 4 aromatic rings. The first-order valence-corrected chi connectivity index (χ1v) is 9.55. The minimum absolute atomic E-state index is 0.151. The van der Waals surface area contributed by atoms with E-state index in [1.807, 2.05) is 31.2 Å². The third-order valence-electron chi connectivity index (χ3n) is 4.86. The molecule has 1 aliphatic rings. The molecular weight excluding hydrogens is 398 g/mol. The third kappa shape index (κ3) is 3.68. The molecule has 0 bridgehead atoms. The summed E-state index contributed by atoms with van der Waals surface area (Å²) in [6.07, 6.45) is 2.76. The monoisotopic (exact) mass is 415 g/mol. The highest BCUT2D eigenvalue weighted by molar-refractivity contribution is 5.91. The summed E-state index contributed by atoms with van der Waals surface area (Å²) in [6.45, 7) is 1.95. The van der Waals surface area contributed by atoms with Crippen LogP contribution in [-0.2, 0) is 11.3 Å². The molecule has 0 radical (unpaired) electrons. The number of fused-ring (bicyclic) bond motifs is 2. The molecule has 1 aliphatic heterocycles. The van der Waals surface area contributed by atoms with Gasteiger partial charge in [-0.2, -0.15) is 0 Å². The van der Waals surface area contributed by atoms with Crippen LogP contribution in [-0.4, -0.2) is 32.2 Å². The van der Waals surface area contributed by atoms with Gasteiger partial charge in [0.25, 0.3) is 5.56 Å². The van der Waals surface area contributed by atoms with Crippen LogP contribution in [0.1, 0.15) is 5.56 Å². The van der Waals surface area contributed by atoms with E-state index in [2.05, 4.69) is 20.3 Å². The summed E-state index contributed by atoms with van der Waals surface area (Å²) >= 11 is 0. The van der Waals surface area contributed by atoms with Crippen molar-refractivity contribution < 1.29 is 14.3 Å². The maximum atomic E-state index is 12.8. The first-order valence-electron chi connectivity index (χ1n) is 9.55. The van der Waals surface area contributed by atoms with Crippen molar-refractivity contribution in [1.82, 2.24) is 19.5 Å². The standard InChI is InChI=1S/C22H17N5O4/c1-13-2-4-14(5-3-13)20-23-9-16-21(26-20)24-11-27(22(16)29)10-19(28)25-15-6-7-17-18(8-15)31-12-30-17/h2-9,11H,10,12H2,1H3,(H,25,28). The molecule has 9 nitrogen and oxygen atoms in total. The van der Waals surface area contributed by atoms with Gasteiger partial charge in [0.05, 0.1) is 0 Å². The molecule has 0 fully saturated rings. The Kier molecular flexibility index (Phi) is 4.55. The molecule has 31 heavy (non-hydrogen) atoms. The van der Waals surface area contributed by atoms with Gasteiger partial charge in [-0.05, 0) is 19.1 Å². The number of aromatic nitrogens is 4. The Morgan fingerprint density at radius 1 is 1.10 bits per heavy atom. The third-order valence-corrected chi connectivity index (χ3v) is 4.86. The van der Waals surface area contributed by atoms with Crippen molar-refractivity contribution in [1.29, 1.82) is 0 Å². The summed E-state index contributed by atoms with van der Waals surface area (Å²) in [4.78, 5) is 38.2. The molecule has 0 unspecified atom stereocenters. The number of hydrogen-bond donors (Lipinski definition) is 1. The topological polar surface area (TPSA) is 108 Å². The minimum Gasteiger partial charge on any atom is -0.454 e. The zero-order valence-electron chi connectivity index (χ0n) is 16.5. The number of nitrogens with zero attached hydrogens (tertiary/aromatic N) is 4. The minimum atomic E-state index is -0.388. The summed E-state index contributed by atoms with van der Waals surface area (Å²) in [5.41, 5.74) is 2.40. The van der Waals surface area contributed by atoms with Crippen LogP contribution >= 0.6 is 0 Å². The lowest BCUT2D eigenvalue weighted by Crippen LogP contribution is -2.28. The molecular formula is C22H17N5O4. The SMILES string of the molecule is Cc1ccc(-c2ncc3c(=O)n(CC(=O)Nc4ccc5c(c4)OCO5)cnc3n2)cc1. The van der Waals surface area contributed by atoms with E-state index < -0.39 is 0 Å². The molecule has 0 atom stereocenters. The van der Waals surface area contributed by atoms with Gasteiger partial charge in [-0.1, -0.05) is 29.8 Å². The van der Waals surface area contributed by atoms with Crippen LogP contribution in [0, 0.1) is 6.92 Å². The van der Waals surface area contributed by atoms with Gasteiger partial charge in [0.1, 0.15) is 18.3 Å². The van der Waals surface area contributed by atoms with Crippen LogP contribution < -0.4 is 20.3 Å². The van der Waals surface area contributed by atoms with E-state index in [-0.39, 0.29) is 35.8 Å². The van der Waals surface area contributed by atoms with E-state index in [9.17, 15) is 9.59 Å². The fourth-order valence-corrected chi connectivity index (χ4v) is 3.24. The average Bonchev–Trinajstić information content (AvgIpc) is 3.24. The Bertz CT molecular complexity index is 1360. The van der Waals surface area contributed by atoms with E-state index in [0.717, 1.165) is 11.1 Å². The van der Waals surface area contributed by atoms with Gasteiger partial charge in [-0.3, -0.25) is 14.2 Å². The highest BCUT2D eigenvalue weighted by atomic mass is 16.7. The number of ether oxygens (including phenoxy) is 2. The van der Waals surface area contributed by atoms with Crippen molar-refractivity contribution in [3.05, 3.63) is 70.9 Å². The predicted molar refractivity (Wildman–Crippen MR) is 113 cm³/mol. The summed E-state index contributed by atoms with van der Waals surface area (Å²) in [5.74, 6) is 1.29. The molecule has 9 heteroatoms. The maximum Gasteiger partial charge on any atom is 0.264 e. The van der Waals surface area contributed by atoms with Crippen molar-refractivity contribution >= 4 is 22.6 Å². The van der Waals surface area contributed by atoms with E-state index in [0.29, 0.717) is 23.0 Å². The second kappa shape index (κ2) is 7.52. The second-order valence-electron chi connectivity index (χ2n) is 7.09. The largest absolute Gasteiger partial charge is 0.454 e. The molecule has 3 heterocycles. The van der Waals surface area contributed by atoms with E-state index >= 15 is 0 Å². The van der Waals surface area contributed by atoms with Crippen LogP contribution in [0.3, 0.4) is 0 Å². The van der Waals surface area contributed by atoms with E-state index in [1.54, 1.807) is 18.2 Å². The molecule has 0 spiro atoms. The van der Waals surface area contributed by atoms with Gasteiger partial charge in [-0.15, -0.1) is 0 Å². The average molecular weight is 415 g/mol. The number of carbonyl (C=O) groups is 1. The van der Waals surface area contributed by atoms with Crippen molar-refractivity contribution in [2.24, 2.45) is 0 Å². The lowest BCUT2D eigenvalue weighted by molar-refractivity contribution is -0.116. The van der Waals surface area contributed by atoms with Gasteiger partial charge in [-0.25, -0.2) is 15.0 Å².